The van der Waals surface area contributed by atoms with E-state index in [4.69, 9.17) is 5.73 Å². The van der Waals surface area contributed by atoms with E-state index in [-0.39, 0.29) is 17.7 Å². The van der Waals surface area contributed by atoms with E-state index in [0.29, 0.717) is 6.42 Å². The van der Waals surface area contributed by atoms with E-state index >= 15 is 0 Å². The van der Waals surface area contributed by atoms with E-state index in [9.17, 15) is 14.4 Å². The Labute approximate surface area is 181 Å². The van der Waals surface area contributed by atoms with E-state index in [0.717, 1.165) is 44.6 Å². The number of hydrogen-bond donors (Lipinski definition) is 1. The van der Waals surface area contributed by atoms with Gasteiger partial charge in [-0.05, 0) is 44.1 Å². The van der Waals surface area contributed by atoms with Crippen LogP contribution in [-0.2, 0) is 14.4 Å². The molecule has 170 valence electrons. The van der Waals surface area contributed by atoms with Gasteiger partial charge in [-0.25, -0.2) is 0 Å². The summed E-state index contributed by atoms with van der Waals surface area (Å²) in [5.74, 6) is -0.104. The zero-order valence-electron chi connectivity index (χ0n) is 19.4. The molecule has 0 aromatic rings. The third kappa shape index (κ3) is 8.95. The van der Waals surface area contributed by atoms with Crippen molar-refractivity contribution in [3.05, 3.63) is 0 Å². The molecule has 2 N–H and O–H groups in total. The van der Waals surface area contributed by atoms with E-state index < -0.39 is 17.3 Å². The summed E-state index contributed by atoms with van der Waals surface area (Å²) in [5.41, 5.74) is 5.60. The predicted molar refractivity (Wildman–Crippen MR) is 122 cm³/mol. The lowest BCUT2D eigenvalue weighted by Gasteiger charge is -2.35. The SMILES string of the molecule is CCCC(=O)N(C)[C@H](SCCCN(CC)CC)C(=O)N(C)[C@H](C(N)=O)C(C)CC. The van der Waals surface area contributed by atoms with Gasteiger partial charge in [-0.2, -0.15) is 0 Å². The molecule has 0 radical (unpaired) electrons. The summed E-state index contributed by atoms with van der Waals surface area (Å²) in [5, 5.41) is -0.651. The highest BCUT2D eigenvalue weighted by Gasteiger charge is 2.36. The quantitative estimate of drug-likeness (QED) is 0.318. The van der Waals surface area contributed by atoms with Crippen molar-refractivity contribution in [2.24, 2.45) is 11.7 Å². The first-order valence-corrected chi connectivity index (χ1v) is 11.9. The number of hydrogen-bond acceptors (Lipinski definition) is 5. The molecule has 0 aromatic carbocycles. The number of nitrogens with zero attached hydrogens (tertiary/aromatic N) is 3. The van der Waals surface area contributed by atoms with Gasteiger partial charge in [0.1, 0.15) is 6.04 Å². The van der Waals surface area contributed by atoms with E-state index in [1.807, 2.05) is 20.8 Å². The summed E-state index contributed by atoms with van der Waals surface area (Å²) < 4.78 is 0. The Morgan fingerprint density at radius 1 is 1.00 bits per heavy atom. The Bertz CT molecular complexity index is 514. The van der Waals surface area contributed by atoms with Gasteiger partial charge >= 0.3 is 0 Å². The zero-order chi connectivity index (χ0) is 22.6. The molecule has 0 spiro atoms. The lowest BCUT2D eigenvalue weighted by molar-refractivity contribution is -0.144. The lowest BCUT2D eigenvalue weighted by atomic mass is 9.97. The number of nitrogens with two attached hydrogens (primary N) is 1. The van der Waals surface area contributed by atoms with E-state index in [1.54, 1.807) is 14.1 Å². The molecular formula is C21H42N4O3S. The van der Waals surface area contributed by atoms with Crippen LogP contribution in [-0.4, -0.2) is 83.3 Å². The molecule has 0 fully saturated rings. The Morgan fingerprint density at radius 2 is 1.59 bits per heavy atom. The van der Waals surface area contributed by atoms with Crippen LogP contribution in [0.1, 0.15) is 60.3 Å². The Kier molecular flexibility index (Phi) is 14.0. The van der Waals surface area contributed by atoms with Crippen LogP contribution in [0.2, 0.25) is 0 Å². The third-order valence-electron chi connectivity index (χ3n) is 5.45. The molecule has 0 bridgehead atoms. The fraction of sp³-hybridized carbons (Fsp3) is 0.857. The molecule has 29 heavy (non-hydrogen) atoms. The molecule has 0 rings (SSSR count). The normalized spacial score (nSPS) is 14.3. The Hall–Kier alpha value is -1.28. The van der Waals surface area contributed by atoms with Crippen LogP contribution >= 0.6 is 11.8 Å². The van der Waals surface area contributed by atoms with Crippen LogP contribution in [0.15, 0.2) is 0 Å². The number of carbonyl (C=O) groups is 3. The number of thioether (sulfide) groups is 1. The van der Waals surface area contributed by atoms with Crippen molar-refractivity contribution in [3.8, 4) is 0 Å². The van der Waals surface area contributed by atoms with Gasteiger partial charge < -0.3 is 20.4 Å². The van der Waals surface area contributed by atoms with Crippen LogP contribution < -0.4 is 5.73 Å². The number of rotatable bonds is 15. The van der Waals surface area contributed by atoms with Gasteiger partial charge in [0.15, 0.2) is 5.37 Å². The van der Waals surface area contributed by atoms with Crippen molar-refractivity contribution in [1.82, 2.24) is 14.7 Å². The molecule has 1 unspecified atom stereocenters. The monoisotopic (exact) mass is 430 g/mol. The summed E-state index contributed by atoms with van der Waals surface area (Å²) >= 11 is 1.47. The van der Waals surface area contributed by atoms with E-state index in [1.165, 1.54) is 21.6 Å². The average Bonchev–Trinajstić information content (AvgIpc) is 2.69. The molecule has 0 aromatic heterocycles. The number of amides is 3. The minimum absolute atomic E-state index is 0.0496. The fourth-order valence-electron chi connectivity index (χ4n) is 3.28. The average molecular weight is 431 g/mol. The largest absolute Gasteiger partial charge is 0.368 e. The first kappa shape index (κ1) is 27.7. The van der Waals surface area contributed by atoms with Gasteiger partial charge in [0.25, 0.3) is 5.91 Å². The van der Waals surface area contributed by atoms with Crippen molar-refractivity contribution in [1.29, 1.82) is 0 Å². The molecule has 0 heterocycles. The standard InChI is InChI=1S/C21H42N4O3S/c1-8-13-17(26)23(6)21(29-15-12-14-25(10-3)11-4)20(28)24(7)18(19(22)27)16(5)9-2/h16,18,21H,8-15H2,1-7H3,(H2,22,27)/t16?,18-,21+/m0/s1. The number of carbonyl (C=O) groups excluding carboxylic acids is 3. The molecule has 0 saturated carbocycles. The fourth-order valence-corrected chi connectivity index (χ4v) is 4.45. The molecule has 0 aliphatic carbocycles. The topological polar surface area (TPSA) is 87.0 Å². The van der Waals surface area contributed by atoms with Crippen molar-refractivity contribution < 1.29 is 14.4 Å². The number of likely N-dealkylation sites (N-methyl/N-ethyl adjacent to an activating group) is 2. The van der Waals surface area contributed by atoms with Gasteiger partial charge in [-0.1, -0.05) is 41.0 Å². The first-order valence-electron chi connectivity index (χ1n) is 10.8. The second-order valence-electron chi connectivity index (χ2n) is 7.54. The lowest BCUT2D eigenvalue weighted by Crippen LogP contribution is -2.55. The summed E-state index contributed by atoms with van der Waals surface area (Å²) in [6.45, 7) is 13.0. The minimum atomic E-state index is -0.680. The molecule has 8 heteroatoms. The maximum atomic E-state index is 13.3. The zero-order valence-corrected chi connectivity index (χ0v) is 20.3. The summed E-state index contributed by atoms with van der Waals surface area (Å²) in [6.07, 6.45) is 2.79. The van der Waals surface area contributed by atoms with Crippen molar-refractivity contribution >= 4 is 29.5 Å². The van der Waals surface area contributed by atoms with Crippen LogP contribution in [0.3, 0.4) is 0 Å². The van der Waals surface area contributed by atoms with Crippen LogP contribution in [0.4, 0.5) is 0 Å². The Morgan fingerprint density at radius 3 is 2.03 bits per heavy atom. The van der Waals surface area contributed by atoms with Crippen molar-refractivity contribution in [3.63, 3.8) is 0 Å². The van der Waals surface area contributed by atoms with Crippen molar-refractivity contribution in [2.75, 3.05) is 39.5 Å². The van der Waals surface area contributed by atoms with Gasteiger partial charge in [-0.3, -0.25) is 14.4 Å². The Balaban J connectivity index is 5.36. The minimum Gasteiger partial charge on any atom is -0.368 e. The molecule has 3 amide bonds. The highest BCUT2D eigenvalue weighted by atomic mass is 32.2. The van der Waals surface area contributed by atoms with Crippen LogP contribution in [0, 0.1) is 5.92 Å². The summed E-state index contributed by atoms with van der Waals surface area (Å²) in [4.78, 5) is 43.1. The van der Waals surface area contributed by atoms with Crippen molar-refractivity contribution in [2.45, 2.75) is 71.7 Å². The molecule has 0 aliphatic rings. The molecule has 7 nitrogen and oxygen atoms in total. The third-order valence-corrected chi connectivity index (χ3v) is 6.81. The van der Waals surface area contributed by atoms with Gasteiger partial charge in [0, 0.05) is 20.5 Å². The van der Waals surface area contributed by atoms with E-state index in [2.05, 4.69) is 18.7 Å². The molecular weight excluding hydrogens is 388 g/mol. The first-order chi connectivity index (χ1) is 13.7. The summed E-state index contributed by atoms with van der Waals surface area (Å²) in [6, 6.07) is -0.680. The van der Waals surface area contributed by atoms with Crippen LogP contribution in [0.5, 0.6) is 0 Å². The van der Waals surface area contributed by atoms with Crippen LogP contribution in [0.25, 0.3) is 0 Å². The smallest absolute Gasteiger partial charge is 0.256 e. The second kappa shape index (κ2) is 14.7. The summed E-state index contributed by atoms with van der Waals surface area (Å²) in [7, 11) is 3.29. The molecule has 0 saturated heterocycles. The maximum Gasteiger partial charge on any atom is 0.256 e. The molecule has 3 atom stereocenters. The molecule has 0 aliphatic heterocycles. The maximum absolute atomic E-state index is 13.3. The highest BCUT2D eigenvalue weighted by molar-refractivity contribution is 8.00. The predicted octanol–water partition coefficient (Wildman–Crippen LogP) is 2.39. The number of primary amides is 1. The van der Waals surface area contributed by atoms with Gasteiger partial charge in [0.2, 0.25) is 11.8 Å². The van der Waals surface area contributed by atoms with Gasteiger partial charge in [0.05, 0.1) is 0 Å². The van der Waals surface area contributed by atoms with Gasteiger partial charge in [-0.15, -0.1) is 11.8 Å². The highest BCUT2D eigenvalue weighted by Crippen LogP contribution is 2.23. The second-order valence-corrected chi connectivity index (χ2v) is 8.73.